The van der Waals surface area contributed by atoms with Crippen LogP contribution in [0, 0.1) is 16.0 Å². The lowest BCUT2D eigenvalue weighted by molar-refractivity contribution is -0.384. The minimum atomic E-state index is -0.473. The molecule has 0 spiro atoms. The highest BCUT2D eigenvalue weighted by molar-refractivity contribution is 6.04. The normalized spacial score (nSPS) is 10.5. The van der Waals surface area contributed by atoms with Gasteiger partial charge in [-0.25, -0.2) is 0 Å². The third-order valence-corrected chi connectivity index (χ3v) is 3.20. The molecule has 5 heteroatoms. The summed E-state index contributed by atoms with van der Waals surface area (Å²) in [5.74, 6) is 0.338. The Labute approximate surface area is 129 Å². The van der Waals surface area contributed by atoms with Crippen LogP contribution in [0.4, 0.5) is 11.4 Å². The average molecular weight is 298 g/mol. The molecule has 0 fully saturated rings. The van der Waals surface area contributed by atoms with Gasteiger partial charge < -0.3 is 5.32 Å². The second-order valence-corrected chi connectivity index (χ2v) is 5.55. The van der Waals surface area contributed by atoms with E-state index in [1.807, 2.05) is 12.1 Å². The van der Waals surface area contributed by atoms with E-state index in [-0.39, 0.29) is 11.6 Å². The molecule has 1 N–H and O–H groups in total. The van der Waals surface area contributed by atoms with Crippen LogP contribution in [0.2, 0.25) is 0 Å². The molecule has 0 aromatic heterocycles. The maximum Gasteiger partial charge on any atom is 0.269 e. The number of carbonyl (C=O) groups excluding carboxylic acids is 1. The van der Waals surface area contributed by atoms with Gasteiger partial charge in [0.25, 0.3) is 11.6 Å². The summed E-state index contributed by atoms with van der Waals surface area (Å²) in [6, 6.07) is 13.2. The van der Waals surface area contributed by atoms with E-state index in [0.29, 0.717) is 17.2 Å². The van der Waals surface area contributed by atoms with Crippen LogP contribution in [-0.4, -0.2) is 10.8 Å². The molecule has 0 heterocycles. The summed E-state index contributed by atoms with van der Waals surface area (Å²) >= 11 is 0. The van der Waals surface area contributed by atoms with Crippen LogP contribution in [0.3, 0.4) is 0 Å². The summed E-state index contributed by atoms with van der Waals surface area (Å²) in [6.07, 6.45) is 0.976. The Bertz CT molecular complexity index is 661. The van der Waals surface area contributed by atoms with E-state index in [2.05, 4.69) is 19.2 Å². The Morgan fingerprint density at radius 2 is 1.68 bits per heavy atom. The molecule has 0 bridgehead atoms. The standard InChI is InChI=1S/C17H18N2O3/c1-12(2)11-13-3-5-14(6-4-13)17(20)18-15-7-9-16(10-8-15)19(21)22/h3-10,12H,11H2,1-2H3,(H,18,20). The molecule has 0 saturated heterocycles. The van der Waals surface area contributed by atoms with Gasteiger partial charge in [0.2, 0.25) is 0 Å². The molecule has 0 radical (unpaired) electrons. The number of nitro groups is 1. The zero-order valence-electron chi connectivity index (χ0n) is 12.6. The van der Waals surface area contributed by atoms with E-state index in [4.69, 9.17) is 0 Å². The van der Waals surface area contributed by atoms with Gasteiger partial charge in [-0.15, -0.1) is 0 Å². The molecule has 22 heavy (non-hydrogen) atoms. The minimum absolute atomic E-state index is 0.00367. The quantitative estimate of drug-likeness (QED) is 0.668. The van der Waals surface area contributed by atoms with Crippen molar-refractivity contribution in [2.75, 3.05) is 5.32 Å². The first-order valence-electron chi connectivity index (χ1n) is 7.10. The van der Waals surface area contributed by atoms with Crippen molar-refractivity contribution in [1.82, 2.24) is 0 Å². The van der Waals surface area contributed by atoms with Crippen molar-refractivity contribution >= 4 is 17.3 Å². The largest absolute Gasteiger partial charge is 0.322 e. The lowest BCUT2D eigenvalue weighted by atomic mass is 10.0. The molecule has 2 aromatic rings. The molecule has 0 saturated carbocycles. The third-order valence-electron chi connectivity index (χ3n) is 3.20. The zero-order valence-corrected chi connectivity index (χ0v) is 12.6. The molecule has 0 atom stereocenters. The van der Waals surface area contributed by atoms with Crippen LogP contribution >= 0.6 is 0 Å². The Morgan fingerprint density at radius 1 is 1.09 bits per heavy atom. The fraction of sp³-hybridized carbons (Fsp3) is 0.235. The number of nitrogens with zero attached hydrogens (tertiary/aromatic N) is 1. The SMILES string of the molecule is CC(C)Cc1ccc(C(=O)Nc2ccc([N+](=O)[O-])cc2)cc1. The van der Waals surface area contributed by atoms with Crippen molar-refractivity contribution in [2.45, 2.75) is 20.3 Å². The number of non-ortho nitro benzene ring substituents is 1. The van der Waals surface area contributed by atoms with Crippen molar-refractivity contribution in [3.8, 4) is 0 Å². The summed E-state index contributed by atoms with van der Waals surface area (Å²) < 4.78 is 0. The lowest BCUT2D eigenvalue weighted by Crippen LogP contribution is -2.11. The molecule has 0 aliphatic rings. The van der Waals surface area contributed by atoms with Crippen LogP contribution in [0.1, 0.15) is 29.8 Å². The molecule has 2 aromatic carbocycles. The predicted molar refractivity (Wildman–Crippen MR) is 86.0 cm³/mol. The van der Waals surface area contributed by atoms with Gasteiger partial charge in [0.15, 0.2) is 0 Å². The number of hydrogen-bond donors (Lipinski definition) is 1. The van der Waals surface area contributed by atoms with Crippen molar-refractivity contribution < 1.29 is 9.72 Å². The van der Waals surface area contributed by atoms with Gasteiger partial charge in [0.05, 0.1) is 4.92 Å². The fourth-order valence-corrected chi connectivity index (χ4v) is 2.13. The van der Waals surface area contributed by atoms with E-state index >= 15 is 0 Å². The fourth-order valence-electron chi connectivity index (χ4n) is 2.13. The van der Waals surface area contributed by atoms with Crippen LogP contribution in [0.5, 0.6) is 0 Å². The molecule has 2 rings (SSSR count). The highest BCUT2D eigenvalue weighted by atomic mass is 16.6. The topological polar surface area (TPSA) is 72.2 Å². The van der Waals surface area contributed by atoms with Crippen molar-refractivity contribution in [3.05, 3.63) is 69.8 Å². The second kappa shape index (κ2) is 6.85. The number of hydrogen-bond acceptors (Lipinski definition) is 3. The van der Waals surface area contributed by atoms with E-state index in [1.165, 1.54) is 29.8 Å². The Kier molecular flexibility index (Phi) is 4.88. The average Bonchev–Trinajstić information content (AvgIpc) is 2.48. The highest BCUT2D eigenvalue weighted by Crippen LogP contribution is 2.17. The van der Waals surface area contributed by atoms with Gasteiger partial charge >= 0.3 is 0 Å². The molecule has 0 aliphatic carbocycles. The Hall–Kier alpha value is -2.69. The van der Waals surface area contributed by atoms with E-state index < -0.39 is 4.92 Å². The molecular weight excluding hydrogens is 280 g/mol. The van der Waals surface area contributed by atoms with Crippen molar-refractivity contribution in [3.63, 3.8) is 0 Å². The van der Waals surface area contributed by atoms with Gasteiger partial charge in [0.1, 0.15) is 0 Å². The summed E-state index contributed by atoms with van der Waals surface area (Å²) in [7, 11) is 0. The predicted octanol–water partition coefficient (Wildman–Crippen LogP) is 4.05. The van der Waals surface area contributed by atoms with Crippen molar-refractivity contribution in [1.29, 1.82) is 0 Å². The van der Waals surface area contributed by atoms with Crippen LogP contribution in [0.25, 0.3) is 0 Å². The molecule has 114 valence electrons. The molecule has 0 unspecified atom stereocenters. The molecule has 1 amide bonds. The Balaban J connectivity index is 2.03. The maximum absolute atomic E-state index is 12.1. The number of amides is 1. The number of nitrogens with one attached hydrogen (secondary N) is 1. The summed E-state index contributed by atoms with van der Waals surface area (Å²) in [5, 5.41) is 13.3. The van der Waals surface area contributed by atoms with E-state index in [9.17, 15) is 14.9 Å². The van der Waals surface area contributed by atoms with Crippen molar-refractivity contribution in [2.24, 2.45) is 5.92 Å². The van der Waals surface area contributed by atoms with E-state index in [1.54, 1.807) is 12.1 Å². The first-order chi connectivity index (χ1) is 10.5. The van der Waals surface area contributed by atoms with Gasteiger partial charge in [-0.2, -0.15) is 0 Å². The van der Waals surface area contributed by atoms with Gasteiger partial charge in [-0.3, -0.25) is 14.9 Å². The van der Waals surface area contributed by atoms with Crippen LogP contribution in [0.15, 0.2) is 48.5 Å². The zero-order chi connectivity index (χ0) is 16.1. The second-order valence-electron chi connectivity index (χ2n) is 5.55. The van der Waals surface area contributed by atoms with Crippen LogP contribution < -0.4 is 5.32 Å². The summed E-state index contributed by atoms with van der Waals surface area (Å²) in [5.41, 5.74) is 2.28. The number of benzene rings is 2. The number of anilines is 1. The Morgan fingerprint density at radius 3 is 2.18 bits per heavy atom. The molecule has 0 aliphatic heterocycles. The molecule has 5 nitrogen and oxygen atoms in total. The van der Waals surface area contributed by atoms with Crippen LogP contribution in [-0.2, 0) is 6.42 Å². The number of nitro benzene ring substituents is 1. The third kappa shape index (κ3) is 4.15. The smallest absolute Gasteiger partial charge is 0.269 e. The first kappa shape index (κ1) is 15.7. The van der Waals surface area contributed by atoms with Gasteiger partial charge in [-0.05, 0) is 42.2 Å². The number of carbonyl (C=O) groups is 1. The monoisotopic (exact) mass is 298 g/mol. The van der Waals surface area contributed by atoms with Gasteiger partial charge in [0, 0.05) is 23.4 Å². The summed E-state index contributed by atoms with van der Waals surface area (Å²) in [6.45, 7) is 4.30. The van der Waals surface area contributed by atoms with E-state index in [0.717, 1.165) is 6.42 Å². The van der Waals surface area contributed by atoms with Gasteiger partial charge in [-0.1, -0.05) is 26.0 Å². The minimum Gasteiger partial charge on any atom is -0.322 e. The molecular formula is C17H18N2O3. The summed E-state index contributed by atoms with van der Waals surface area (Å²) in [4.78, 5) is 22.2. The highest BCUT2D eigenvalue weighted by Gasteiger charge is 2.08. The number of rotatable bonds is 5. The first-order valence-corrected chi connectivity index (χ1v) is 7.10. The lowest BCUT2D eigenvalue weighted by Gasteiger charge is -2.07. The maximum atomic E-state index is 12.1.